The van der Waals surface area contributed by atoms with Crippen molar-refractivity contribution >= 4 is 34.5 Å². The molecule has 0 atom stereocenters. The van der Waals surface area contributed by atoms with E-state index in [0.717, 1.165) is 0 Å². The Hall–Kier alpha value is -2.15. The molecular weight excluding hydrogens is 350 g/mol. The molecule has 0 fully saturated rings. The van der Waals surface area contributed by atoms with Crippen molar-refractivity contribution in [2.24, 2.45) is 7.05 Å². The van der Waals surface area contributed by atoms with Gasteiger partial charge in [-0.2, -0.15) is 0 Å². The van der Waals surface area contributed by atoms with Crippen LogP contribution in [0.4, 0.5) is 5.69 Å². The van der Waals surface area contributed by atoms with Crippen molar-refractivity contribution in [3.05, 3.63) is 48.5 Å². The van der Waals surface area contributed by atoms with E-state index < -0.39 is 5.97 Å². The fourth-order valence-corrected chi connectivity index (χ4v) is 1.93. The Morgan fingerprint density at radius 2 is 2.05 bits per heavy atom. The largest absolute Gasteiger partial charge is 0.462 e. The Bertz CT molecular complexity index is 655. The molecule has 22 heavy (non-hydrogen) atoms. The molecule has 0 aliphatic heterocycles. The third kappa shape index (κ3) is 4.70. The molecule has 118 valence electrons. The van der Waals surface area contributed by atoms with Gasteiger partial charge in [0.15, 0.2) is 6.54 Å². The quantitative estimate of drug-likeness (QED) is 0.645. The van der Waals surface area contributed by atoms with Crippen molar-refractivity contribution in [3.63, 3.8) is 0 Å². The lowest BCUT2D eigenvalue weighted by Crippen LogP contribution is -2.25. The summed E-state index contributed by atoms with van der Waals surface area (Å²) in [6.07, 6.45) is 5.45. The number of hydrogen-bond acceptors (Lipinski definition) is 3. The third-order valence-corrected chi connectivity index (χ3v) is 2.85. The van der Waals surface area contributed by atoms with Crippen LogP contribution in [0, 0.1) is 0 Å². The summed E-state index contributed by atoms with van der Waals surface area (Å²) in [5.41, 5.74) is 0.809. The molecule has 0 bridgehead atoms. The molecule has 1 aromatic carbocycles. The van der Waals surface area contributed by atoms with Gasteiger partial charge in [-0.15, -0.1) is 17.0 Å². The van der Waals surface area contributed by atoms with Crippen LogP contribution in [-0.2, 0) is 23.1 Å². The number of aromatic nitrogens is 2. The van der Waals surface area contributed by atoms with E-state index >= 15 is 0 Å². The highest BCUT2D eigenvalue weighted by Gasteiger charge is 2.15. The standard InChI is InChI=1S/C15H17N3O3.BrH/c1-3-21-15(20)12-6-4-5-7-13(12)16-14(19)10-18-9-8-17(2)11-18;/h4-9,11H,3,10H2,1-2H3;1H/p+1. The number of halogens is 1. The Morgan fingerprint density at radius 1 is 1.32 bits per heavy atom. The predicted molar refractivity (Wildman–Crippen MR) is 87.0 cm³/mol. The van der Waals surface area contributed by atoms with Crippen LogP contribution in [0.2, 0.25) is 0 Å². The molecule has 2 aromatic rings. The number of hydrogen-bond donors (Lipinski definition) is 1. The predicted octanol–water partition coefficient (Wildman–Crippen LogP) is 1.71. The summed E-state index contributed by atoms with van der Waals surface area (Å²) >= 11 is 0. The summed E-state index contributed by atoms with van der Waals surface area (Å²) in [5.74, 6) is -0.649. The second kappa shape index (κ2) is 8.33. The van der Waals surface area contributed by atoms with Gasteiger partial charge < -0.3 is 10.1 Å². The number of esters is 1. The second-order valence-electron chi connectivity index (χ2n) is 4.57. The van der Waals surface area contributed by atoms with Gasteiger partial charge in [0, 0.05) is 0 Å². The number of amides is 1. The van der Waals surface area contributed by atoms with E-state index in [4.69, 9.17) is 4.74 Å². The Balaban J connectivity index is 0.00000242. The second-order valence-corrected chi connectivity index (χ2v) is 4.57. The number of nitrogens with zero attached hydrogens (tertiary/aromatic N) is 2. The fourth-order valence-electron chi connectivity index (χ4n) is 1.93. The number of ether oxygens (including phenoxy) is 1. The van der Waals surface area contributed by atoms with E-state index in [2.05, 4.69) is 5.32 Å². The molecule has 6 nitrogen and oxygen atoms in total. The van der Waals surface area contributed by atoms with E-state index in [9.17, 15) is 9.59 Å². The molecule has 0 saturated carbocycles. The third-order valence-electron chi connectivity index (χ3n) is 2.85. The zero-order valence-corrected chi connectivity index (χ0v) is 14.2. The van der Waals surface area contributed by atoms with Crippen LogP contribution in [0.3, 0.4) is 0 Å². The van der Waals surface area contributed by atoms with Gasteiger partial charge in [-0.05, 0) is 19.1 Å². The maximum atomic E-state index is 12.0. The van der Waals surface area contributed by atoms with Crippen molar-refractivity contribution in [1.29, 1.82) is 0 Å². The first kappa shape index (κ1) is 17.9. The number of carbonyl (C=O) groups is 2. The molecule has 2 rings (SSSR count). The minimum Gasteiger partial charge on any atom is -0.462 e. The van der Waals surface area contributed by atoms with Crippen LogP contribution in [-0.4, -0.2) is 23.1 Å². The molecule has 0 aliphatic rings. The number of rotatable bonds is 5. The smallest absolute Gasteiger partial charge is 0.340 e. The Morgan fingerprint density at radius 3 is 2.68 bits per heavy atom. The van der Waals surface area contributed by atoms with Gasteiger partial charge in [0.25, 0.3) is 5.91 Å². The monoisotopic (exact) mass is 368 g/mol. The van der Waals surface area contributed by atoms with Crippen LogP contribution in [0.25, 0.3) is 0 Å². The maximum absolute atomic E-state index is 12.0. The van der Waals surface area contributed by atoms with Crippen LogP contribution >= 0.6 is 17.0 Å². The molecule has 0 radical (unpaired) electrons. The van der Waals surface area contributed by atoms with E-state index in [1.807, 2.05) is 17.8 Å². The SMILES string of the molecule is Br.CCOC(=O)c1ccccc1NC(=O)Cn1cc[n+](C)c1. The number of anilines is 1. The number of imidazole rings is 1. The van der Waals surface area contributed by atoms with Crippen molar-refractivity contribution in [1.82, 2.24) is 4.57 Å². The highest BCUT2D eigenvalue weighted by molar-refractivity contribution is 8.93. The molecule has 0 saturated heterocycles. The first-order valence-corrected chi connectivity index (χ1v) is 6.67. The van der Waals surface area contributed by atoms with Crippen LogP contribution in [0.5, 0.6) is 0 Å². The van der Waals surface area contributed by atoms with E-state index in [1.165, 1.54) is 0 Å². The van der Waals surface area contributed by atoms with Crippen molar-refractivity contribution < 1.29 is 18.9 Å². The van der Waals surface area contributed by atoms with Crippen molar-refractivity contribution in [3.8, 4) is 0 Å². The highest BCUT2D eigenvalue weighted by Crippen LogP contribution is 2.16. The van der Waals surface area contributed by atoms with Crippen LogP contribution in [0.1, 0.15) is 17.3 Å². The lowest BCUT2D eigenvalue weighted by Gasteiger charge is -2.09. The summed E-state index contributed by atoms with van der Waals surface area (Å²) in [5, 5.41) is 2.74. The molecule has 1 N–H and O–H groups in total. The molecule has 7 heteroatoms. The zero-order chi connectivity index (χ0) is 15.2. The molecule has 0 spiro atoms. The Kier molecular flexibility index (Phi) is 6.78. The van der Waals surface area contributed by atoms with Gasteiger partial charge in [0.1, 0.15) is 12.4 Å². The van der Waals surface area contributed by atoms with Crippen LogP contribution in [0.15, 0.2) is 43.0 Å². The number of aryl methyl sites for hydroxylation is 1. The fraction of sp³-hybridized carbons (Fsp3) is 0.267. The molecule has 0 unspecified atom stereocenters. The summed E-state index contributed by atoms with van der Waals surface area (Å²) < 4.78 is 8.57. The molecule has 1 aromatic heterocycles. The summed E-state index contributed by atoms with van der Waals surface area (Å²) in [7, 11) is 1.88. The molecule has 1 heterocycles. The van der Waals surface area contributed by atoms with Crippen molar-refractivity contribution in [2.45, 2.75) is 13.5 Å². The summed E-state index contributed by atoms with van der Waals surface area (Å²) in [4.78, 5) is 23.9. The molecular formula is C15H19BrN3O3+. The highest BCUT2D eigenvalue weighted by atomic mass is 79.9. The number of para-hydroxylation sites is 1. The van der Waals surface area contributed by atoms with Gasteiger partial charge in [0.2, 0.25) is 6.33 Å². The normalized spacial score (nSPS) is 9.73. The summed E-state index contributed by atoms with van der Waals surface area (Å²) in [6, 6.07) is 6.80. The van der Waals surface area contributed by atoms with E-state index in [-0.39, 0.29) is 29.4 Å². The average molecular weight is 369 g/mol. The van der Waals surface area contributed by atoms with Gasteiger partial charge in [0.05, 0.1) is 24.9 Å². The summed E-state index contributed by atoms with van der Waals surface area (Å²) in [6.45, 7) is 2.21. The molecule has 1 amide bonds. The lowest BCUT2D eigenvalue weighted by atomic mass is 10.2. The van der Waals surface area contributed by atoms with E-state index in [1.54, 1.807) is 48.3 Å². The lowest BCUT2D eigenvalue weighted by molar-refractivity contribution is -0.671. The van der Waals surface area contributed by atoms with Gasteiger partial charge in [-0.25, -0.2) is 13.9 Å². The van der Waals surface area contributed by atoms with Crippen LogP contribution < -0.4 is 9.88 Å². The minimum atomic E-state index is -0.444. The van der Waals surface area contributed by atoms with Gasteiger partial charge in [-0.1, -0.05) is 12.1 Å². The minimum absolute atomic E-state index is 0. The first-order chi connectivity index (χ1) is 10.1. The van der Waals surface area contributed by atoms with Crippen molar-refractivity contribution in [2.75, 3.05) is 11.9 Å². The number of nitrogens with one attached hydrogen (secondary N) is 1. The van der Waals surface area contributed by atoms with E-state index in [0.29, 0.717) is 17.9 Å². The Labute approximate surface area is 139 Å². The number of benzene rings is 1. The maximum Gasteiger partial charge on any atom is 0.340 e. The van der Waals surface area contributed by atoms with Gasteiger partial charge in [-0.3, -0.25) is 4.79 Å². The molecule has 0 aliphatic carbocycles. The van der Waals surface area contributed by atoms with Gasteiger partial charge >= 0.3 is 5.97 Å². The zero-order valence-electron chi connectivity index (χ0n) is 12.5. The first-order valence-electron chi connectivity index (χ1n) is 6.67. The average Bonchev–Trinajstić information content (AvgIpc) is 2.84. The topological polar surface area (TPSA) is 64.2 Å². The number of carbonyl (C=O) groups excluding carboxylic acids is 2.